The third kappa shape index (κ3) is 4.06. The van der Waals surface area contributed by atoms with Crippen molar-refractivity contribution < 1.29 is 17.9 Å². The number of hydrogen-bond acceptors (Lipinski definition) is 8. The van der Waals surface area contributed by atoms with Crippen LogP contribution in [0.15, 0.2) is 36.4 Å². The Morgan fingerprint density at radius 1 is 1.16 bits per heavy atom. The van der Waals surface area contributed by atoms with Gasteiger partial charge in [-0.3, -0.25) is 9.97 Å². The molecule has 1 spiro atoms. The summed E-state index contributed by atoms with van der Waals surface area (Å²) in [5.74, 6) is 0.584. The van der Waals surface area contributed by atoms with E-state index in [0.717, 1.165) is 55.2 Å². The molecule has 0 amide bonds. The number of hydrogen-bond donors (Lipinski definition) is 0. The summed E-state index contributed by atoms with van der Waals surface area (Å²) < 4.78 is 45.3. The van der Waals surface area contributed by atoms with Crippen LogP contribution in [0, 0.1) is 5.41 Å². The van der Waals surface area contributed by atoms with E-state index in [9.17, 15) is 13.2 Å². The maximum Gasteiger partial charge on any atom is 0.420 e. The molecule has 0 N–H and O–H groups in total. The van der Waals surface area contributed by atoms with Crippen LogP contribution in [0.2, 0.25) is 0 Å². The molecule has 0 bridgehead atoms. The highest BCUT2D eigenvalue weighted by atomic mass is 32.1. The Morgan fingerprint density at radius 3 is 2.81 bits per heavy atom. The summed E-state index contributed by atoms with van der Waals surface area (Å²) in [4.78, 5) is 15.0. The van der Waals surface area contributed by atoms with Gasteiger partial charge in [-0.15, -0.1) is 10.2 Å². The second-order valence-electron chi connectivity index (χ2n) is 8.05. The van der Waals surface area contributed by atoms with E-state index in [1.54, 1.807) is 17.9 Å². The first-order valence-electron chi connectivity index (χ1n) is 9.93. The van der Waals surface area contributed by atoms with Crippen LogP contribution in [-0.2, 0) is 6.18 Å². The molecule has 31 heavy (non-hydrogen) atoms. The van der Waals surface area contributed by atoms with E-state index in [1.165, 1.54) is 11.3 Å². The Hall–Kier alpha value is -2.82. The molecule has 3 aromatic heterocycles. The zero-order valence-corrected chi connectivity index (χ0v) is 17.2. The molecule has 0 atom stereocenters. The number of nitrogens with zero attached hydrogens (tertiary/aromatic N) is 6. The minimum atomic E-state index is -4.46. The molecule has 1 aliphatic carbocycles. The molecule has 7 nitrogen and oxygen atoms in total. The zero-order valence-electron chi connectivity index (χ0n) is 16.4. The van der Waals surface area contributed by atoms with Gasteiger partial charge in [0.2, 0.25) is 0 Å². The van der Waals surface area contributed by atoms with Gasteiger partial charge in [-0.25, -0.2) is 4.98 Å². The Balaban J connectivity index is 1.26. The number of ether oxygens (including phenoxy) is 1. The van der Waals surface area contributed by atoms with E-state index in [0.29, 0.717) is 18.5 Å². The van der Waals surface area contributed by atoms with Crippen molar-refractivity contribution in [2.75, 3.05) is 18.0 Å². The molecule has 1 saturated carbocycles. The van der Waals surface area contributed by atoms with Crippen molar-refractivity contribution >= 4 is 17.2 Å². The van der Waals surface area contributed by atoms with Crippen LogP contribution in [-0.4, -0.2) is 44.3 Å². The minimum Gasteiger partial charge on any atom is -0.488 e. The second kappa shape index (κ2) is 7.70. The van der Waals surface area contributed by atoms with E-state index in [2.05, 4.69) is 25.1 Å². The first-order chi connectivity index (χ1) is 14.9. The topological polar surface area (TPSA) is 76.9 Å². The standard InChI is InChI=1S/C20H19F3N6OS/c21-20(22,23)14-2-4-24-9-16(14)30-13-6-19(7-13)3-1-5-29(11-19)17-10-25-8-15(27-17)18-28-26-12-31-18/h2,4,8-10,12-13H,1,3,5-7,11H2. The van der Waals surface area contributed by atoms with Gasteiger partial charge in [0.1, 0.15) is 34.4 Å². The van der Waals surface area contributed by atoms with Gasteiger partial charge in [0, 0.05) is 19.3 Å². The van der Waals surface area contributed by atoms with Gasteiger partial charge in [0.05, 0.1) is 18.6 Å². The quantitative estimate of drug-likeness (QED) is 0.591. The summed E-state index contributed by atoms with van der Waals surface area (Å²) in [5.41, 5.74) is 1.58. The van der Waals surface area contributed by atoms with E-state index >= 15 is 0 Å². The Kier molecular flexibility index (Phi) is 4.99. The lowest BCUT2D eigenvalue weighted by Gasteiger charge is -2.52. The highest BCUT2D eigenvalue weighted by molar-refractivity contribution is 7.12. The van der Waals surface area contributed by atoms with Crippen molar-refractivity contribution in [3.63, 3.8) is 0 Å². The molecule has 11 heteroatoms. The lowest BCUT2D eigenvalue weighted by Crippen LogP contribution is -2.54. The Morgan fingerprint density at radius 2 is 2.03 bits per heavy atom. The fraction of sp³-hybridized carbons (Fsp3) is 0.450. The van der Waals surface area contributed by atoms with Crippen LogP contribution >= 0.6 is 11.3 Å². The lowest BCUT2D eigenvalue weighted by atomic mass is 9.62. The first kappa shape index (κ1) is 20.1. The van der Waals surface area contributed by atoms with E-state index in [4.69, 9.17) is 9.72 Å². The largest absolute Gasteiger partial charge is 0.488 e. The van der Waals surface area contributed by atoms with Crippen molar-refractivity contribution in [1.29, 1.82) is 0 Å². The monoisotopic (exact) mass is 448 g/mol. The summed E-state index contributed by atoms with van der Waals surface area (Å²) in [5, 5.41) is 8.61. The second-order valence-corrected chi connectivity index (χ2v) is 8.88. The molecule has 1 aliphatic heterocycles. The number of piperidine rings is 1. The fourth-order valence-corrected chi connectivity index (χ4v) is 5.02. The number of alkyl halides is 3. The van der Waals surface area contributed by atoms with Gasteiger partial charge >= 0.3 is 6.18 Å². The highest BCUT2D eigenvalue weighted by Crippen LogP contribution is 2.50. The number of pyridine rings is 1. The summed E-state index contributed by atoms with van der Waals surface area (Å²) in [6.45, 7) is 1.64. The van der Waals surface area contributed by atoms with Crippen LogP contribution in [0.1, 0.15) is 31.2 Å². The minimum absolute atomic E-state index is 0.0178. The van der Waals surface area contributed by atoms with Gasteiger partial charge in [-0.2, -0.15) is 13.2 Å². The third-order valence-electron chi connectivity index (χ3n) is 5.89. The van der Waals surface area contributed by atoms with Crippen molar-refractivity contribution in [2.24, 2.45) is 5.41 Å². The predicted octanol–water partition coefficient (Wildman–Crippen LogP) is 4.24. The molecule has 2 fully saturated rings. The van der Waals surface area contributed by atoms with Crippen LogP contribution in [0.25, 0.3) is 10.7 Å². The molecule has 3 aromatic rings. The van der Waals surface area contributed by atoms with Crippen molar-refractivity contribution in [1.82, 2.24) is 25.1 Å². The molecule has 0 radical (unpaired) electrons. The van der Waals surface area contributed by atoms with Crippen molar-refractivity contribution in [3.05, 3.63) is 41.9 Å². The number of aromatic nitrogens is 5. The fourth-order valence-electron chi connectivity index (χ4n) is 4.51. The first-order valence-corrected chi connectivity index (χ1v) is 10.8. The van der Waals surface area contributed by atoms with Crippen LogP contribution in [0.5, 0.6) is 5.75 Å². The molecular weight excluding hydrogens is 429 g/mol. The van der Waals surface area contributed by atoms with E-state index in [-0.39, 0.29) is 17.3 Å². The highest BCUT2D eigenvalue weighted by Gasteiger charge is 2.48. The van der Waals surface area contributed by atoms with E-state index < -0.39 is 11.7 Å². The van der Waals surface area contributed by atoms with Gasteiger partial charge in [-0.1, -0.05) is 11.3 Å². The van der Waals surface area contributed by atoms with Crippen LogP contribution < -0.4 is 9.64 Å². The number of rotatable bonds is 4. The van der Waals surface area contributed by atoms with Gasteiger partial charge in [-0.05, 0) is 37.2 Å². The van der Waals surface area contributed by atoms with Gasteiger partial charge in [0.25, 0.3) is 0 Å². The Bertz CT molecular complexity index is 1060. The lowest BCUT2D eigenvalue weighted by molar-refractivity contribution is -0.140. The van der Waals surface area contributed by atoms with Gasteiger partial charge in [0.15, 0.2) is 5.01 Å². The van der Waals surface area contributed by atoms with Crippen molar-refractivity contribution in [3.8, 4) is 16.5 Å². The number of anilines is 1. The summed E-state index contributed by atoms with van der Waals surface area (Å²) in [6.07, 6.45) is 4.40. The zero-order chi connectivity index (χ0) is 21.5. The Labute approximate surface area is 180 Å². The predicted molar refractivity (Wildman–Crippen MR) is 108 cm³/mol. The van der Waals surface area contributed by atoms with Crippen LogP contribution in [0.3, 0.4) is 0 Å². The van der Waals surface area contributed by atoms with E-state index in [1.807, 2.05) is 0 Å². The number of halogens is 3. The smallest absolute Gasteiger partial charge is 0.420 e. The molecule has 1 saturated heterocycles. The summed E-state index contributed by atoms with van der Waals surface area (Å²) in [6, 6.07) is 0.954. The molecule has 0 aromatic carbocycles. The SMILES string of the molecule is FC(F)(F)c1ccncc1OC1CC2(CCCN(c3cncc(-c4nncs4)n3)C2)C1. The van der Waals surface area contributed by atoms with Gasteiger partial charge < -0.3 is 9.64 Å². The van der Waals surface area contributed by atoms with Crippen molar-refractivity contribution in [2.45, 2.75) is 38.0 Å². The normalized spacial score (nSPS) is 23.6. The molecule has 0 unspecified atom stereocenters. The maximum atomic E-state index is 13.2. The molecule has 2 aliphatic rings. The molecule has 162 valence electrons. The molecule has 4 heterocycles. The average molecular weight is 448 g/mol. The van der Waals surface area contributed by atoms with Crippen LogP contribution in [0.4, 0.5) is 19.0 Å². The maximum absolute atomic E-state index is 13.2. The third-order valence-corrected chi connectivity index (χ3v) is 6.61. The molecular formula is C20H19F3N6OS. The average Bonchev–Trinajstić information content (AvgIpc) is 3.28. The molecule has 5 rings (SSSR count). The summed E-state index contributed by atoms with van der Waals surface area (Å²) in [7, 11) is 0. The summed E-state index contributed by atoms with van der Waals surface area (Å²) >= 11 is 1.41.